The maximum absolute atomic E-state index is 6.10. The highest BCUT2D eigenvalue weighted by Crippen LogP contribution is 2.26. The van der Waals surface area contributed by atoms with E-state index >= 15 is 0 Å². The van der Waals surface area contributed by atoms with Gasteiger partial charge in [-0.1, -0.05) is 92.1 Å². The maximum atomic E-state index is 6.10. The van der Waals surface area contributed by atoms with Gasteiger partial charge in [0.05, 0.1) is 0 Å². The summed E-state index contributed by atoms with van der Waals surface area (Å²) >= 11 is 0. The van der Waals surface area contributed by atoms with Crippen LogP contribution >= 0.6 is 0 Å². The van der Waals surface area contributed by atoms with E-state index in [0.29, 0.717) is 6.04 Å². The van der Waals surface area contributed by atoms with Crippen LogP contribution in [0.15, 0.2) is 84.5 Å². The van der Waals surface area contributed by atoms with Crippen LogP contribution in [0.1, 0.15) is 43.2 Å². The summed E-state index contributed by atoms with van der Waals surface area (Å²) in [5.74, 6) is 1.51. The van der Waals surface area contributed by atoms with Crippen molar-refractivity contribution in [2.75, 3.05) is 0 Å². The van der Waals surface area contributed by atoms with Crippen molar-refractivity contribution in [1.82, 2.24) is 5.32 Å². The summed E-state index contributed by atoms with van der Waals surface area (Å²) < 4.78 is 12.2. The summed E-state index contributed by atoms with van der Waals surface area (Å²) in [6, 6.07) is 20.9. The molecule has 3 heteroatoms. The Labute approximate surface area is 167 Å². The fourth-order valence-electron chi connectivity index (χ4n) is 3.60. The SMILES string of the molecule is C(=C\c1ccccc1)/C1=C(NC2CCCCC2)OC(/C=C/c2ccccc2)O1. The molecule has 0 bridgehead atoms. The number of hydrogen-bond donors (Lipinski definition) is 1. The Kier molecular flexibility index (Phi) is 6.13. The first kappa shape index (κ1) is 18.4. The molecule has 3 nitrogen and oxygen atoms in total. The molecular weight excluding hydrogens is 346 g/mol. The second-order valence-electron chi connectivity index (χ2n) is 7.29. The molecule has 1 unspecified atom stereocenters. The van der Waals surface area contributed by atoms with Gasteiger partial charge in [-0.15, -0.1) is 0 Å². The van der Waals surface area contributed by atoms with Crippen molar-refractivity contribution in [2.24, 2.45) is 0 Å². The first-order valence-electron chi connectivity index (χ1n) is 10.2. The van der Waals surface area contributed by atoms with Crippen molar-refractivity contribution in [2.45, 2.75) is 44.4 Å². The van der Waals surface area contributed by atoms with E-state index in [1.165, 1.54) is 32.1 Å². The van der Waals surface area contributed by atoms with Crippen LogP contribution in [0.5, 0.6) is 0 Å². The molecule has 1 heterocycles. The van der Waals surface area contributed by atoms with Gasteiger partial charge in [-0.2, -0.15) is 0 Å². The van der Waals surface area contributed by atoms with E-state index in [9.17, 15) is 0 Å². The first-order valence-corrected chi connectivity index (χ1v) is 10.2. The van der Waals surface area contributed by atoms with Crippen LogP contribution < -0.4 is 5.32 Å². The van der Waals surface area contributed by atoms with Crippen LogP contribution in [0.25, 0.3) is 12.2 Å². The molecule has 144 valence electrons. The number of allylic oxidation sites excluding steroid dienone is 1. The molecule has 4 rings (SSSR count). The highest BCUT2D eigenvalue weighted by atomic mass is 16.7. The molecule has 1 N–H and O–H groups in total. The fourth-order valence-corrected chi connectivity index (χ4v) is 3.60. The van der Waals surface area contributed by atoms with Crippen molar-refractivity contribution in [3.63, 3.8) is 0 Å². The summed E-state index contributed by atoms with van der Waals surface area (Å²) in [5.41, 5.74) is 2.27. The normalized spacial score (nSPS) is 20.5. The minimum Gasteiger partial charge on any atom is -0.445 e. The van der Waals surface area contributed by atoms with E-state index in [0.717, 1.165) is 22.8 Å². The lowest BCUT2D eigenvalue weighted by Crippen LogP contribution is -2.31. The highest BCUT2D eigenvalue weighted by molar-refractivity contribution is 5.53. The van der Waals surface area contributed by atoms with Crippen LogP contribution in [0.2, 0.25) is 0 Å². The number of rotatable bonds is 6. The molecule has 1 atom stereocenters. The van der Waals surface area contributed by atoms with Gasteiger partial charge in [0, 0.05) is 6.04 Å². The second-order valence-corrected chi connectivity index (χ2v) is 7.29. The maximum Gasteiger partial charge on any atom is 0.263 e. The Morgan fingerprint density at radius 1 is 0.714 bits per heavy atom. The van der Waals surface area contributed by atoms with Gasteiger partial charge in [0.25, 0.3) is 6.29 Å². The van der Waals surface area contributed by atoms with Gasteiger partial charge in [0.2, 0.25) is 5.88 Å². The van der Waals surface area contributed by atoms with Crippen molar-refractivity contribution in [3.05, 3.63) is 95.6 Å². The molecule has 1 fully saturated rings. The average Bonchev–Trinajstić information content (AvgIpc) is 3.14. The zero-order chi connectivity index (χ0) is 19.0. The van der Waals surface area contributed by atoms with Gasteiger partial charge in [-0.25, -0.2) is 0 Å². The summed E-state index contributed by atoms with van der Waals surface area (Å²) in [5, 5.41) is 3.58. The van der Waals surface area contributed by atoms with E-state index in [-0.39, 0.29) is 0 Å². The van der Waals surface area contributed by atoms with Crippen molar-refractivity contribution in [3.8, 4) is 0 Å². The quantitative estimate of drug-likeness (QED) is 0.686. The minimum absolute atomic E-state index is 0.415. The van der Waals surface area contributed by atoms with Gasteiger partial charge in [-0.05, 0) is 36.1 Å². The molecule has 0 saturated heterocycles. The van der Waals surface area contributed by atoms with Crippen LogP contribution in [0, 0.1) is 0 Å². The molecule has 0 radical (unpaired) electrons. The number of ether oxygens (including phenoxy) is 2. The van der Waals surface area contributed by atoms with Crippen LogP contribution in [0.3, 0.4) is 0 Å². The van der Waals surface area contributed by atoms with E-state index in [4.69, 9.17) is 9.47 Å². The van der Waals surface area contributed by atoms with Gasteiger partial charge in [-0.3, -0.25) is 0 Å². The number of benzene rings is 2. The summed E-state index contributed by atoms with van der Waals surface area (Å²) in [6.07, 6.45) is 13.9. The second kappa shape index (κ2) is 9.32. The molecule has 1 saturated carbocycles. The Morgan fingerprint density at radius 3 is 2.04 bits per heavy atom. The smallest absolute Gasteiger partial charge is 0.263 e. The molecule has 28 heavy (non-hydrogen) atoms. The molecule has 2 aliphatic rings. The molecule has 0 amide bonds. The predicted octanol–water partition coefficient (Wildman–Crippen LogP) is 5.88. The molecule has 0 spiro atoms. The van der Waals surface area contributed by atoms with Crippen molar-refractivity contribution in [1.29, 1.82) is 0 Å². The molecule has 1 aliphatic heterocycles. The van der Waals surface area contributed by atoms with Crippen molar-refractivity contribution >= 4 is 12.2 Å². The third-order valence-electron chi connectivity index (χ3n) is 5.11. The summed E-state index contributed by atoms with van der Waals surface area (Å²) in [7, 11) is 0. The topological polar surface area (TPSA) is 30.5 Å². The molecule has 1 aliphatic carbocycles. The van der Waals surface area contributed by atoms with Gasteiger partial charge >= 0.3 is 0 Å². The van der Waals surface area contributed by atoms with Crippen LogP contribution in [0.4, 0.5) is 0 Å². The number of nitrogens with one attached hydrogen (secondary N) is 1. The predicted molar refractivity (Wildman–Crippen MR) is 114 cm³/mol. The zero-order valence-electron chi connectivity index (χ0n) is 16.1. The summed E-state index contributed by atoms with van der Waals surface area (Å²) in [6.45, 7) is 0. The lowest BCUT2D eigenvalue weighted by molar-refractivity contribution is -0.00151. The fraction of sp³-hybridized carbons (Fsp3) is 0.280. The van der Waals surface area contributed by atoms with Crippen LogP contribution in [-0.2, 0) is 9.47 Å². The van der Waals surface area contributed by atoms with Crippen molar-refractivity contribution < 1.29 is 9.47 Å². The third-order valence-corrected chi connectivity index (χ3v) is 5.11. The highest BCUT2D eigenvalue weighted by Gasteiger charge is 2.26. The monoisotopic (exact) mass is 373 g/mol. The van der Waals surface area contributed by atoms with Gasteiger partial charge in [0.15, 0.2) is 5.76 Å². The minimum atomic E-state index is -0.415. The Balaban J connectivity index is 1.48. The van der Waals surface area contributed by atoms with E-state index < -0.39 is 6.29 Å². The average molecular weight is 373 g/mol. The summed E-state index contributed by atoms with van der Waals surface area (Å²) in [4.78, 5) is 0. The van der Waals surface area contributed by atoms with Gasteiger partial charge < -0.3 is 14.8 Å². The molecular formula is C25H27NO2. The standard InChI is InChI=1S/C25H27NO2/c1-4-10-20(11-5-1)16-18-23-25(26-22-14-8-3-9-15-22)28-24(27-23)19-17-21-12-6-2-7-13-21/h1-2,4-7,10-13,16-19,22,24,26H,3,8-9,14-15H2/b18-16+,19-17+. The van der Waals surface area contributed by atoms with E-state index in [1.54, 1.807) is 0 Å². The Bertz CT molecular complexity index is 833. The van der Waals surface area contributed by atoms with Crippen LogP contribution in [-0.4, -0.2) is 12.3 Å². The molecule has 0 aromatic heterocycles. The Hall–Kier alpha value is -2.94. The lowest BCUT2D eigenvalue weighted by atomic mass is 9.96. The van der Waals surface area contributed by atoms with Gasteiger partial charge in [0.1, 0.15) is 0 Å². The lowest BCUT2D eigenvalue weighted by Gasteiger charge is -2.23. The molecule has 2 aromatic rings. The number of hydrogen-bond acceptors (Lipinski definition) is 3. The van der Waals surface area contributed by atoms with E-state index in [2.05, 4.69) is 35.7 Å². The van der Waals surface area contributed by atoms with E-state index in [1.807, 2.05) is 54.6 Å². The zero-order valence-corrected chi connectivity index (χ0v) is 16.1. The third kappa shape index (κ3) is 5.07. The molecule has 2 aromatic carbocycles. The first-order chi connectivity index (χ1) is 13.9. The Morgan fingerprint density at radius 2 is 1.36 bits per heavy atom. The largest absolute Gasteiger partial charge is 0.445 e.